The molecule has 0 aliphatic heterocycles. The van der Waals surface area contributed by atoms with Crippen LogP contribution < -0.4 is 0 Å². The van der Waals surface area contributed by atoms with E-state index in [1.54, 1.807) is 0 Å². The van der Waals surface area contributed by atoms with Gasteiger partial charge in [-0.1, -0.05) is 0 Å². The second kappa shape index (κ2) is 7.44. The van der Waals surface area contributed by atoms with E-state index in [1.807, 2.05) is 0 Å². The van der Waals surface area contributed by atoms with Crippen molar-refractivity contribution in [3.8, 4) is 0 Å². The Labute approximate surface area is 79.6 Å². The quantitative estimate of drug-likeness (QED) is 0.585. The zero-order valence-electron chi connectivity index (χ0n) is 8.89. The van der Waals surface area contributed by atoms with Crippen molar-refractivity contribution in [2.45, 2.75) is 32.7 Å². The Kier molecular flexibility index (Phi) is 9.68. The van der Waals surface area contributed by atoms with Gasteiger partial charge in [-0.15, -0.1) is 0 Å². The zero-order chi connectivity index (χ0) is 9.49. The summed E-state index contributed by atoms with van der Waals surface area (Å²) in [7, 11) is -0.0312. The molecule has 2 nitrogen and oxygen atoms in total. The Bertz CT molecular complexity index is 81.0. The van der Waals surface area contributed by atoms with Crippen LogP contribution in [0.4, 0.5) is 0 Å². The van der Waals surface area contributed by atoms with Gasteiger partial charge in [0.25, 0.3) is 0 Å². The van der Waals surface area contributed by atoms with E-state index >= 15 is 0 Å². The van der Waals surface area contributed by atoms with E-state index in [9.17, 15) is 0 Å². The minimum atomic E-state index is -1.16. The van der Waals surface area contributed by atoms with Gasteiger partial charge in [-0.05, 0) is 32.7 Å². The summed E-state index contributed by atoms with van der Waals surface area (Å²) in [5, 5.41) is 0. The van der Waals surface area contributed by atoms with E-state index in [2.05, 4.69) is 36.9 Å². The third-order valence-electron chi connectivity index (χ3n) is 0.589. The normalized spacial score (nSPS) is 11.5. The van der Waals surface area contributed by atoms with Gasteiger partial charge in [0.1, 0.15) is 21.0 Å². The summed E-state index contributed by atoms with van der Waals surface area (Å²) in [4.78, 5) is 0. The van der Waals surface area contributed by atoms with Crippen LogP contribution in [0.2, 0.25) is 32.7 Å². The lowest BCUT2D eigenvalue weighted by molar-refractivity contribution is 0.583. The molecule has 0 saturated carbocycles. The largest absolute Gasteiger partial charge is 0.471 e. The fourth-order valence-corrected chi connectivity index (χ4v) is 6.36. The van der Waals surface area contributed by atoms with Crippen LogP contribution in [0, 0.1) is 0 Å². The number of hydrogen-bond acceptors (Lipinski definition) is 2. The summed E-state index contributed by atoms with van der Waals surface area (Å²) >= 11 is 0. The molecule has 0 heterocycles. The van der Waals surface area contributed by atoms with Crippen LogP contribution in [0.5, 0.6) is 0 Å². The van der Waals surface area contributed by atoms with Gasteiger partial charge in [0.15, 0.2) is 17.4 Å². The second-order valence-electron chi connectivity index (χ2n) is 3.69. The van der Waals surface area contributed by atoms with Crippen molar-refractivity contribution in [2.24, 2.45) is 0 Å². The van der Waals surface area contributed by atoms with Crippen molar-refractivity contribution in [3.63, 3.8) is 0 Å². The zero-order valence-corrected chi connectivity index (χ0v) is 15.0. The fraction of sp³-hybridized carbons (Fsp3) is 1.00. The SMILES string of the molecule is C[SiH](C)O[Si](C)(C)C.[SiH3]O[SiH3]. The third-order valence-corrected chi connectivity index (χ3v) is 5.30. The van der Waals surface area contributed by atoms with Crippen LogP contribution >= 0.6 is 0 Å². The molecule has 6 heteroatoms. The summed E-state index contributed by atoms with van der Waals surface area (Å²) in [6.45, 7) is 11.1. The minimum Gasteiger partial charge on any atom is -0.471 e. The Morgan fingerprint density at radius 3 is 1.36 bits per heavy atom. The van der Waals surface area contributed by atoms with Crippen molar-refractivity contribution >= 4 is 38.3 Å². The predicted molar refractivity (Wildman–Crippen MR) is 64.3 cm³/mol. The van der Waals surface area contributed by atoms with Gasteiger partial charge < -0.3 is 8.23 Å². The highest BCUT2D eigenvalue weighted by Crippen LogP contribution is 2.03. The lowest BCUT2D eigenvalue weighted by Crippen LogP contribution is -2.31. The molecular formula is C5H22O2Si4. The topological polar surface area (TPSA) is 18.5 Å². The van der Waals surface area contributed by atoms with Gasteiger partial charge in [0, 0.05) is 0 Å². The molecule has 0 N–H and O–H groups in total. The maximum absolute atomic E-state index is 5.72. The molecule has 0 saturated heterocycles. The van der Waals surface area contributed by atoms with Gasteiger partial charge in [-0.2, -0.15) is 0 Å². The summed E-state index contributed by atoms with van der Waals surface area (Å²) in [5.41, 5.74) is 0. The highest BCUT2D eigenvalue weighted by molar-refractivity contribution is 6.76. The Hall–Kier alpha value is 0.788. The number of rotatable bonds is 2. The first-order valence-corrected chi connectivity index (χ1v) is 11.7. The Morgan fingerprint density at radius 2 is 1.36 bits per heavy atom. The highest BCUT2D eigenvalue weighted by atomic mass is 28.4. The van der Waals surface area contributed by atoms with Crippen LogP contribution in [0.25, 0.3) is 0 Å². The molecule has 0 spiro atoms. The summed E-state index contributed by atoms with van der Waals surface area (Å²) in [5.74, 6) is 0. The number of hydrogen-bond donors (Lipinski definition) is 0. The van der Waals surface area contributed by atoms with Crippen LogP contribution in [0.3, 0.4) is 0 Å². The van der Waals surface area contributed by atoms with Gasteiger partial charge in [-0.3, -0.25) is 0 Å². The molecule has 0 aromatic heterocycles. The van der Waals surface area contributed by atoms with Crippen molar-refractivity contribution in [1.29, 1.82) is 0 Å². The van der Waals surface area contributed by atoms with Gasteiger partial charge in [0.2, 0.25) is 0 Å². The first-order valence-electron chi connectivity index (χ1n) is 3.91. The van der Waals surface area contributed by atoms with Crippen molar-refractivity contribution in [2.75, 3.05) is 0 Å². The second-order valence-corrected chi connectivity index (χ2v) is 14.2. The average molecular weight is 227 g/mol. The molecule has 0 aliphatic rings. The lowest BCUT2D eigenvalue weighted by Gasteiger charge is -2.19. The molecule has 0 aromatic rings. The van der Waals surface area contributed by atoms with Crippen LogP contribution in [-0.2, 0) is 8.23 Å². The van der Waals surface area contributed by atoms with Gasteiger partial charge >= 0.3 is 0 Å². The summed E-state index contributed by atoms with van der Waals surface area (Å²) in [6.07, 6.45) is 0. The van der Waals surface area contributed by atoms with Crippen molar-refractivity contribution in [1.82, 2.24) is 0 Å². The van der Waals surface area contributed by atoms with Gasteiger partial charge in [0.05, 0.1) is 0 Å². The van der Waals surface area contributed by atoms with E-state index in [4.69, 9.17) is 4.12 Å². The van der Waals surface area contributed by atoms with E-state index in [0.717, 1.165) is 21.0 Å². The third kappa shape index (κ3) is 24.9. The summed E-state index contributed by atoms with van der Waals surface area (Å²) < 4.78 is 10.2. The molecule has 0 rings (SSSR count). The fourth-order valence-electron chi connectivity index (χ4n) is 0.707. The minimum absolute atomic E-state index is 0.734. The molecule has 0 radical (unpaired) electrons. The molecule has 0 unspecified atom stereocenters. The average Bonchev–Trinajstić information content (AvgIpc) is 1.57. The van der Waals surface area contributed by atoms with Crippen LogP contribution in [-0.4, -0.2) is 38.3 Å². The maximum atomic E-state index is 5.72. The smallest absolute Gasteiger partial charge is 0.170 e. The van der Waals surface area contributed by atoms with E-state index in [0.29, 0.717) is 0 Å². The van der Waals surface area contributed by atoms with Crippen molar-refractivity contribution in [3.05, 3.63) is 0 Å². The van der Waals surface area contributed by atoms with Gasteiger partial charge in [-0.25, -0.2) is 0 Å². The molecule has 11 heavy (non-hydrogen) atoms. The predicted octanol–water partition coefficient (Wildman–Crippen LogP) is -0.615. The van der Waals surface area contributed by atoms with Crippen LogP contribution in [0.1, 0.15) is 0 Å². The molecule has 0 amide bonds. The molecule has 0 atom stereocenters. The monoisotopic (exact) mass is 226 g/mol. The highest BCUT2D eigenvalue weighted by Gasteiger charge is 2.14. The van der Waals surface area contributed by atoms with E-state index in [-0.39, 0.29) is 0 Å². The Balaban J connectivity index is 0. The van der Waals surface area contributed by atoms with E-state index < -0.39 is 17.4 Å². The van der Waals surface area contributed by atoms with Crippen LogP contribution in [0.15, 0.2) is 0 Å². The van der Waals surface area contributed by atoms with E-state index in [1.165, 1.54) is 0 Å². The Morgan fingerprint density at radius 1 is 1.09 bits per heavy atom. The first-order chi connectivity index (χ1) is 4.83. The molecule has 70 valence electrons. The molecule has 0 aromatic carbocycles. The molecule has 0 bridgehead atoms. The molecule has 0 fully saturated rings. The van der Waals surface area contributed by atoms with Crippen molar-refractivity contribution < 1.29 is 8.23 Å². The summed E-state index contributed by atoms with van der Waals surface area (Å²) in [6, 6.07) is 0. The molecule has 0 aliphatic carbocycles. The lowest BCUT2D eigenvalue weighted by atomic mass is 11.8. The maximum Gasteiger partial charge on any atom is 0.170 e. The first kappa shape index (κ1) is 14.3. The molecular weight excluding hydrogens is 204 g/mol. The standard InChI is InChI=1S/C5H16OSi2.H6OSi2/c1-7(2)6-8(3,4)5;2-1-3/h7H,1-5H3;2-3H3.